The summed E-state index contributed by atoms with van der Waals surface area (Å²) < 4.78 is 32.7. The van der Waals surface area contributed by atoms with E-state index in [-0.39, 0.29) is 50.7 Å². The molecule has 42 heavy (non-hydrogen) atoms. The summed E-state index contributed by atoms with van der Waals surface area (Å²) in [5.74, 6) is -4.61. The Balaban J connectivity index is 2.06. The average molecular weight is 610 g/mol. The normalized spacial score (nSPS) is 16.1. The van der Waals surface area contributed by atoms with Crippen molar-refractivity contribution >= 4 is 45.5 Å². The zero-order valence-corrected chi connectivity index (χ0v) is 24.4. The number of amides is 3. The Hall–Kier alpha value is -4.05. The van der Waals surface area contributed by atoms with Crippen molar-refractivity contribution in [3.8, 4) is 0 Å². The summed E-state index contributed by atoms with van der Waals surface area (Å²) in [6.07, 6.45) is 1.57. The number of nitrogens with two attached hydrogens (primary N) is 2. The van der Waals surface area contributed by atoms with Crippen LogP contribution in [0, 0.1) is 0 Å². The second-order valence-electron chi connectivity index (χ2n) is 9.59. The molecule has 1 aliphatic heterocycles. The molecule has 2 rings (SSSR count). The molecular weight excluding hydrogens is 570 g/mol. The molecule has 2 unspecified atom stereocenters. The number of sulfonamides is 1. The zero-order chi connectivity index (χ0) is 31.1. The van der Waals surface area contributed by atoms with E-state index < -0.39 is 64.7 Å². The predicted octanol–water partition coefficient (Wildman–Crippen LogP) is -1.73. The third kappa shape index (κ3) is 12.2. The summed E-state index contributed by atoms with van der Waals surface area (Å²) in [6, 6.07) is 6.17. The van der Waals surface area contributed by atoms with E-state index in [2.05, 4.69) is 20.3 Å². The number of hydrogen-bond acceptors (Lipinski definition) is 9. The molecule has 1 saturated heterocycles. The third-order valence-electron chi connectivity index (χ3n) is 6.16. The number of hydrogen-bond donors (Lipinski definition) is 5. The van der Waals surface area contributed by atoms with Crippen LogP contribution in [0.5, 0.6) is 0 Å². The second-order valence-corrected chi connectivity index (χ2v) is 11.3. The topological polar surface area (TPSA) is 232 Å². The Kier molecular flexibility index (Phi) is 13.9. The van der Waals surface area contributed by atoms with E-state index in [1.807, 2.05) is 0 Å². The maximum absolute atomic E-state index is 13.2. The van der Waals surface area contributed by atoms with Crippen LogP contribution in [0.25, 0.3) is 0 Å². The first kappa shape index (κ1) is 34.2. The first-order chi connectivity index (χ1) is 19.9. The van der Waals surface area contributed by atoms with Gasteiger partial charge in [0.1, 0.15) is 12.6 Å². The van der Waals surface area contributed by atoms with Gasteiger partial charge in [-0.25, -0.2) is 13.1 Å². The molecule has 1 aromatic rings. The minimum Gasteiger partial charge on any atom is -0.465 e. The van der Waals surface area contributed by atoms with Crippen LogP contribution in [-0.4, -0.2) is 93.6 Å². The van der Waals surface area contributed by atoms with Crippen molar-refractivity contribution in [1.29, 1.82) is 0 Å². The van der Waals surface area contributed by atoms with Crippen LogP contribution in [0.2, 0.25) is 0 Å². The zero-order valence-electron chi connectivity index (χ0n) is 23.5. The highest BCUT2D eigenvalue weighted by atomic mass is 32.2. The van der Waals surface area contributed by atoms with E-state index in [1.54, 1.807) is 37.3 Å². The second kappa shape index (κ2) is 17.0. The van der Waals surface area contributed by atoms with Crippen molar-refractivity contribution in [2.75, 3.05) is 32.8 Å². The number of esters is 1. The lowest BCUT2D eigenvalue weighted by Crippen LogP contribution is -2.53. The maximum atomic E-state index is 13.2. The molecule has 232 valence electrons. The molecule has 16 heteroatoms. The van der Waals surface area contributed by atoms with Crippen molar-refractivity contribution in [3.63, 3.8) is 0 Å². The number of guanidine groups is 1. The summed E-state index contributed by atoms with van der Waals surface area (Å²) >= 11 is 0. The summed E-state index contributed by atoms with van der Waals surface area (Å²) in [5, 5.41) is 4.63. The van der Waals surface area contributed by atoms with Gasteiger partial charge in [0.15, 0.2) is 5.96 Å². The highest BCUT2D eigenvalue weighted by Crippen LogP contribution is 2.15. The number of benzene rings is 1. The molecule has 1 aromatic carbocycles. The summed E-state index contributed by atoms with van der Waals surface area (Å²) in [7, 11) is -3.86. The van der Waals surface area contributed by atoms with Gasteiger partial charge in [-0.05, 0) is 44.6 Å². The number of aliphatic imine (C=N–C) groups is 1. The molecule has 15 nitrogen and oxygen atoms in total. The van der Waals surface area contributed by atoms with Crippen LogP contribution in [0.4, 0.5) is 0 Å². The quantitative estimate of drug-likeness (QED) is 0.0467. The lowest BCUT2D eigenvalue weighted by atomic mass is 10.1. The molecule has 2 atom stereocenters. The van der Waals surface area contributed by atoms with Gasteiger partial charge in [0.05, 0.1) is 24.9 Å². The first-order valence-corrected chi connectivity index (χ1v) is 15.2. The summed E-state index contributed by atoms with van der Waals surface area (Å²) in [5.41, 5.74) is 11.2. The molecule has 1 fully saturated rings. The Bertz CT molecular complexity index is 1240. The summed E-state index contributed by atoms with van der Waals surface area (Å²) in [4.78, 5) is 68.0. The number of nitrogens with one attached hydrogen (secondary N) is 3. The minimum atomic E-state index is -3.86. The van der Waals surface area contributed by atoms with Crippen LogP contribution in [0.1, 0.15) is 44.6 Å². The number of Topliss-reactive ketones (excluding diaryl/α,β-unsaturated/α-hetero) is 1. The molecule has 0 saturated carbocycles. The van der Waals surface area contributed by atoms with Gasteiger partial charge in [-0.15, -0.1) is 0 Å². The number of carbonyl (C=O) groups excluding carboxylic acids is 5. The monoisotopic (exact) mass is 609 g/mol. The van der Waals surface area contributed by atoms with E-state index in [0.717, 1.165) is 0 Å². The Morgan fingerprint density at radius 1 is 1.14 bits per heavy atom. The van der Waals surface area contributed by atoms with Gasteiger partial charge in [-0.3, -0.25) is 29.0 Å². The van der Waals surface area contributed by atoms with Gasteiger partial charge in [-0.2, -0.15) is 0 Å². The Morgan fingerprint density at radius 2 is 1.86 bits per heavy atom. The Morgan fingerprint density at radius 3 is 2.52 bits per heavy atom. The van der Waals surface area contributed by atoms with E-state index in [0.29, 0.717) is 18.4 Å². The van der Waals surface area contributed by atoms with Crippen molar-refractivity contribution in [2.45, 2.75) is 56.9 Å². The molecule has 0 radical (unpaired) electrons. The van der Waals surface area contributed by atoms with Gasteiger partial charge in [0, 0.05) is 13.1 Å². The fraction of sp³-hybridized carbons (Fsp3) is 0.538. The van der Waals surface area contributed by atoms with Gasteiger partial charge < -0.3 is 31.7 Å². The van der Waals surface area contributed by atoms with E-state index in [9.17, 15) is 32.4 Å². The van der Waals surface area contributed by atoms with Crippen LogP contribution >= 0.6 is 0 Å². The fourth-order valence-corrected chi connectivity index (χ4v) is 5.59. The number of nitrogens with zero attached hydrogens (tertiary/aromatic N) is 2. The van der Waals surface area contributed by atoms with E-state index in [1.165, 1.54) is 4.90 Å². The molecule has 0 bridgehead atoms. The molecule has 1 aliphatic rings. The molecule has 0 spiro atoms. The first-order valence-electron chi connectivity index (χ1n) is 13.6. The number of ether oxygens (including phenoxy) is 1. The third-order valence-corrected chi connectivity index (χ3v) is 7.51. The molecule has 1 heterocycles. The smallest absolute Gasteiger partial charge is 0.325 e. The van der Waals surface area contributed by atoms with Gasteiger partial charge >= 0.3 is 5.97 Å². The molecule has 0 aliphatic carbocycles. The van der Waals surface area contributed by atoms with Gasteiger partial charge in [-0.1, -0.05) is 30.3 Å². The SMILES string of the molecule is CCOC(=O)CNC(=O)C(=O)C(CCCN=C(N)N)NC(=O)CN1CCCCC(NS(=O)(=O)Cc2ccccc2)C1=O. The van der Waals surface area contributed by atoms with Crippen molar-refractivity contribution in [2.24, 2.45) is 16.5 Å². The van der Waals surface area contributed by atoms with Crippen molar-refractivity contribution < 1.29 is 37.1 Å². The standard InChI is InChI=1S/C26H39N7O8S/c1-2-41-22(35)15-30-24(37)23(36)19(12-8-13-29-26(27)28)31-21(34)16-33-14-7-6-11-20(25(33)38)32-42(39,40)17-18-9-4-3-5-10-18/h3-5,9-10,19-20,32H,2,6-8,11-17H2,1H3,(H,30,37)(H,31,34)(H4,27,28,29). The average Bonchev–Trinajstić information content (AvgIpc) is 3.09. The summed E-state index contributed by atoms with van der Waals surface area (Å²) in [6.45, 7) is 1.02. The highest BCUT2D eigenvalue weighted by molar-refractivity contribution is 7.88. The van der Waals surface area contributed by atoms with E-state index >= 15 is 0 Å². The number of likely N-dealkylation sites (tertiary alicyclic amines) is 1. The highest BCUT2D eigenvalue weighted by Gasteiger charge is 2.33. The number of carbonyl (C=O) groups is 5. The number of ketones is 1. The molecule has 0 aromatic heterocycles. The van der Waals surface area contributed by atoms with Crippen LogP contribution < -0.4 is 26.8 Å². The van der Waals surface area contributed by atoms with Crippen molar-refractivity contribution in [1.82, 2.24) is 20.3 Å². The fourth-order valence-electron chi connectivity index (χ4n) is 4.22. The lowest BCUT2D eigenvalue weighted by Gasteiger charge is -2.25. The molecule has 3 amide bonds. The lowest BCUT2D eigenvalue weighted by molar-refractivity contribution is -0.145. The largest absolute Gasteiger partial charge is 0.465 e. The van der Waals surface area contributed by atoms with Gasteiger partial charge in [0.25, 0.3) is 5.91 Å². The van der Waals surface area contributed by atoms with Crippen LogP contribution in [0.3, 0.4) is 0 Å². The maximum Gasteiger partial charge on any atom is 0.325 e. The minimum absolute atomic E-state index is 0.00988. The van der Waals surface area contributed by atoms with E-state index in [4.69, 9.17) is 16.2 Å². The van der Waals surface area contributed by atoms with Crippen LogP contribution in [0.15, 0.2) is 35.3 Å². The van der Waals surface area contributed by atoms with Crippen LogP contribution in [-0.2, 0) is 44.5 Å². The molecule has 7 N–H and O–H groups in total. The predicted molar refractivity (Wildman–Crippen MR) is 153 cm³/mol. The molecular formula is C26H39N7O8S. The van der Waals surface area contributed by atoms with Gasteiger partial charge in [0.2, 0.25) is 27.6 Å². The number of rotatable bonds is 16. The Labute approximate surface area is 244 Å². The van der Waals surface area contributed by atoms with Crippen molar-refractivity contribution in [3.05, 3.63) is 35.9 Å².